The van der Waals surface area contributed by atoms with Crippen molar-refractivity contribution in [2.45, 2.75) is 38.3 Å². The highest BCUT2D eigenvalue weighted by atomic mass is 16.6. The van der Waals surface area contributed by atoms with E-state index in [9.17, 15) is 9.59 Å². The van der Waals surface area contributed by atoms with Crippen LogP contribution in [0.5, 0.6) is 0 Å². The molecule has 1 saturated heterocycles. The molecule has 7 heteroatoms. The van der Waals surface area contributed by atoms with Crippen LogP contribution in [0.2, 0.25) is 0 Å². The lowest BCUT2D eigenvalue weighted by Crippen LogP contribution is -2.48. The van der Waals surface area contributed by atoms with Crippen LogP contribution in [-0.2, 0) is 27.3 Å². The van der Waals surface area contributed by atoms with Crippen LogP contribution in [0.1, 0.15) is 25.6 Å². The molecule has 1 aromatic heterocycles. The second-order valence-electron chi connectivity index (χ2n) is 6.69. The molecule has 1 fully saturated rings. The Hall–Kier alpha value is -2.70. The Labute approximate surface area is 145 Å². The molecule has 7 nitrogen and oxygen atoms in total. The molecule has 0 radical (unpaired) electrons. The molecule has 0 bridgehead atoms. The third-order valence-electron chi connectivity index (χ3n) is 4.85. The van der Waals surface area contributed by atoms with Crippen molar-refractivity contribution >= 4 is 11.9 Å². The lowest BCUT2D eigenvalue weighted by molar-refractivity contribution is -0.162. The van der Waals surface area contributed by atoms with Crippen molar-refractivity contribution in [1.82, 2.24) is 19.7 Å². The molecule has 25 heavy (non-hydrogen) atoms. The fourth-order valence-corrected chi connectivity index (χ4v) is 3.39. The van der Waals surface area contributed by atoms with Crippen molar-refractivity contribution < 1.29 is 14.3 Å². The van der Waals surface area contributed by atoms with Crippen molar-refractivity contribution in [2.24, 2.45) is 0 Å². The Morgan fingerprint density at radius 1 is 1.16 bits per heavy atom. The maximum Gasteiger partial charge on any atom is 0.307 e. The smallest absolute Gasteiger partial charge is 0.307 e. The molecule has 3 heterocycles. The lowest BCUT2D eigenvalue weighted by atomic mass is 10.0. The Morgan fingerprint density at radius 2 is 1.96 bits per heavy atom. The third-order valence-corrected chi connectivity index (χ3v) is 4.85. The number of carbonyl (C=O) groups excluding carboxylic acids is 2. The van der Waals surface area contributed by atoms with Gasteiger partial charge in [-0.25, -0.2) is 9.67 Å². The molecular formula is C18H20N4O3. The fourth-order valence-electron chi connectivity index (χ4n) is 3.39. The average molecular weight is 340 g/mol. The van der Waals surface area contributed by atoms with Crippen LogP contribution in [0.15, 0.2) is 30.3 Å². The van der Waals surface area contributed by atoms with E-state index in [1.54, 1.807) is 11.8 Å². The largest absolute Gasteiger partial charge is 0.449 e. The number of carbonyl (C=O) groups is 2. The molecule has 4 rings (SSSR count). The first-order valence-electron chi connectivity index (χ1n) is 8.55. The molecule has 1 aromatic carbocycles. The number of nitrogens with zero attached hydrogens (tertiary/aromatic N) is 4. The van der Waals surface area contributed by atoms with Gasteiger partial charge < -0.3 is 9.64 Å². The zero-order valence-electron chi connectivity index (χ0n) is 14.1. The van der Waals surface area contributed by atoms with Gasteiger partial charge in [-0.1, -0.05) is 30.3 Å². The number of hydrogen-bond acceptors (Lipinski definition) is 5. The minimum atomic E-state index is -1.02. The van der Waals surface area contributed by atoms with E-state index in [0.29, 0.717) is 44.7 Å². The van der Waals surface area contributed by atoms with Gasteiger partial charge in [-0.15, -0.1) is 0 Å². The number of benzene rings is 1. The first-order valence-corrected chi connectivity index (χ1v) is 8.55. The predicted octanol–water partition coefficient (Wildman–Crippen LogP) is 1.43. The molecule has 2 aromatic rings. The second-order valence-corrected chi connectivity index (χ2v) is 6.69. The second kappa shape index (κ2) is 5.98. The number of cyclic esters (lactones) is 1. The first kappa shape index (κ1) is 15.8. The van der Waals surface area contributed by atoms with Gasteiger partial charge in [0.2, 0.25) is 0 Å². The van der Waals surface area contributed by atoms with Crippen LogP contribution < -0.4 is 0 Å². The molecule has 2 aliphatic rings. The van der Waals surface area contributed by atoms with Crippen LogP contribution in [0, 0.1) is 0 Å². The number of rotatable bonds is 2. The number of amides is 1. The monoisotopic (exact) mass is 340 g/mol. The molecule has 1 atom stereocenters. The van der Waals surface area contributed by atoms with Gasteiger partial charge in [-0.05, 0) is 6.92 Å². The van der Waals surface area contributed by atoms with Crippen molar-refractivity contribution in [3.05, 3.63) is 36.2 Å². The van der Waals surface area contributed by atoms with Gasteiger partial charge in [-0.3, -0.25) is 9.59 Å². The number of esters is 1. The summed E-state index contributed by atoms with van der Waals surface area (Å²) in [5, 5.41) is 4.58. The van der Waals surface area contributed by atoms with Crippen LogP contribution in [0.4, 0.5) is 0 Å². The first-order chi connectivity index (χ1) is 12.0. The number of ether oxygens (including phenoxy) is 1. The van der Waals surface area contributed by atoms with E-state index in [2.05, 4.69) is 10.1 Å². The summed E-state index contributed by atoms with van der Waals surface area (Å²) >= 11 is 0. The maximum absolute atomic E-state index is 12.8. The van der Waals surface area contributed by atoms with Crippen LogP contribution in [0.3, 0.4) is 0 Å². The van der Waals surface area contributed by atoms with Gasteiger partial charge in [0.1, 0.15) is 5.82 Å². The fraction of sp³-hybridized carbons (Fsp3) is 0.444. The maximum atomic E-state index is 12.8. The number of aromatic nitrogens is 3. The Kier molecular flexibility index (Phi) is 3.78. The quantitative estimate of drug-likeness (QED) is 0.773. The lowest BCUT2D eigenvalue weighted by Gasteiger charge is -2.29. The van der Waals surface area contributed by atoms with E-state index in [4.69, 9.17) is 4.74 Å². The van der Waals surface area contributed by atoms with Crippen LogP contribution in [0.25, 0.3) is 11.4 Å². The van der Waals surface area contributed by atoms with Gasteiger partial charge in [0, 0.05) is 37.9 Å². The zero-order valence-corrected chi connectivity index (χ0v) is 14.1. The average Bonchev–Trinajstić information content (AvgIpc) is 3.13. The Bertz CT molecular complexity index is 791. The van der Waals surface area contributed by atoms with Gasteiger partial charge >= 0.3 is 5.97 Å². The molecule has 0 aliphatic carbocycles. The highest BCUT2D eigenvalue weighted by Gasteiger charge is 2.45. The summed E-state index contributed by atoms with van der Waals surface area (Å²) in [5.74, 6) is 1.18. The van der Waals surface area contributed by atoms with E-state index in [0.717, 1.165) is 11.4 Å². The van der Waals surface area contributed by atoms with E-state index in [1.807, 2.05) is 35.0 Å². The minimum absolute atomic E-state index is 0.118. The number of hydrogen-bond donors (Lipinski definition) is 0. The normalized spacial score (nSPS) is 23.1. The summed E-state index contributed by atoms with van der Waals surface area (Å²) in [7, 11) is 0. The SMILES string of the molecule is CC1(C(=O)N2CCc3nc(-c4ccccc4)nn3CC2)CCC(=O)O1. The Morgan fingerprint density at radius 3 is 2.68 bits per heavy atom. The molecule has 2 aliphatic heterocycles. The molecule has 1 amide bonds. The Balaban J connectivity index is 1.49. The van der Waals surface area contributed by atoms with Crippen molar-refractivity contribution in [2.75, 3.05) is 13.1 Å². The van der Waals surface area contributed by atoms with Crippen LogP contribution in [-0.4, -0.2) is 50.2 Å². The summed E-state index contributed by atoms with van der Waals surface area (Å²) in [6.07, 6.45) is 1.39. The van der Waals surface area contributed by atoms with E-state index < -0.39 is 5.60 Å². The van der Waals surface area contributed by atoms with Crippen LogP contribution >= 0.6 is 0 Å². The van der Waals surface area contributed by atoms with E-state index >= 15 is 0 Å². The standard InChI is InChI=1S/C18H20N4O3/c1-18(9-7-15(23)25-18)17(24)21-10-8-14-19-16(20-22(14)12-11-21)13-5-3-2-4-6-13/h2-6H,7-12H2,1H3. The topological polar surface area (TPSA) is 77.3 Å². The summed E-state index contributed by atoms with van der Waals surface area (Å²) in [6, 6.07) is 9.86. The molecular weight excluding hydrogens is 320 g/mol. The third kappa shape index (κ3) is 2.90. The molecule has 1 unspecified atom stereocenters. The summed E-state index contributed by atoms with van der Waals surface area (Å²) < 4.78 is 7.15. The summed E-state index contributed by atoms with van der Waals surface area (Å²) in [5.41, 5.74) is -0.0343. The minimum Gasteiger partial charge on any atom is -0.449 e. The summed E-state index contributed by atoms with van der Waals surface area (Å²) in [4.78, 5) is 30.6. The van der Waals surface area contributed by atoms with Gasteiger partial charge in [0.25, 0.3) is 5.91 Å². The van der Waals surface area contributed by atoms with Gasteiger partial charge in [-0.2, -0.15) is 5.10 Å². The predicted molar refractivity (Wildman–Crippen MR) is 89.5 cm³/mol. The van der Waals surface area contributed by atoms with Gasteiger partial charge in [0.15, 0.2) is 11.4 Å². The zero-order chi connectivity index (χ0) is 17.4. The van der Waals surface area contributed by atoms with E-state index in [1.165, 1.54) is 0 Å². The molecule has 0 spiro atoms. The van der Waals surface area contributed by atoms with Crippen molar-refractivity contribution in [3.63, 3.8) is 0 Å². The highest BCUT2D eigenvalue weighted by Crippen LogP contribution is 2.29. The molecule has 130 valence electrons. The highest BCUT2D eigenvalue weighted by molar-refractivity contribution is 5.90. The molecule has 0 N–H and O–H groups in total. The summed E-state index contributed by atoms with van der Waals surface area (Å²) in [6.45, 7) is 3.38. The molecule has 0 saturated carbocycles. The van der Waals surface area contributed by atoms with E-state index in [-0.39, 0.29) is 11.9 Å². The van der Waals surface area contributed by atoms with Gasteiger partial charge in [0.05, 0.1) is 6.54 Å². The number of fused-ring (bicyclic) bond motifs is 1. The van der Waals surface area contributed by atoms with Crippen molar-refractivity contribution in [1.29, 1.82) is 0 Å². The van der Waals surface area contributed by atoms with Crippen molar-refractivity contribution in [3.8, 4) is 11.4 Å².